The largest absolute Gasteiger partial charge is 0.208 e. The lowest BCUT2D eigenvalue weighted by molar-refractivity contribution is 1.07. The van der Waals surface area contributed by atoms with E-state index in [1.807, 2.05) is 84.9 Å². The van der Waals surface area contributed by atoms with Crippen LogP contribution in [0, 0.1) is 11.3 Å². The van der Waals surface area contributed by atoms with Crippen molar-refractivity contribution in [3.63, 3.8) is 0 Å². The van der Waals surface area contributed by atoms with E-state index < -0.39 is 0 Å². The van der Waals surface area contributed by atoms with Gasteiger partial charge in [0.2, 0.25) is 0 Å². The molecule has 9 rings (SSSR count). The molecule has 58 heavy (non-hydrogen) atoms. The van der Waals surface area contributed by atoms with Crippen LogP contribution in [0.2, 0.25) is 0 Å². The molecule has 0 N–H and O–H groups in total. The molecule has 0 saturated carbocycles. The second kappa shape index (κ2) is 16.4. The van der Waals surface area contributed by atoms with Crippen LogP contribution in [0.1, 0.15) is 27.8 Å². The van der Waals surface area contributed by atoms with Crippen LogP contribution < -0.4 is 0 Å². The molecule has 0 aliphatic rings. The third kappa shape index (κ3) is 7.62. The normalized spacial score (nSPS) is 10.7. The van der Waals surface area contributed by atoms with Gasteiger partial charge in [-0.05, 0) is 86.0 Å². The molecule has 0 spiro atoms. The van der Waals surface area contributed by atoms with Crippen LogP contribution in [0.3, 0.4) is 0 Å². The molecule has 0 aliphatic carbocycles. The van der Waals surface area contributed by atoms with Gasteiger partial charge in [-0.25, -0.2) is 15.0 Å². The van der Waals surface area contributed by atoms with Crippen molar-refractivity contribution in [2.75, 3.05) is 0 Å². The lowest BCUT2D eigenvalue weighted by atomic mass is 9.85. The summed E-state index contributed by atoms with van der Waals surface area (Å²) >= 11 is 0. The molecule has 0 bridgehead atoms. The van der Waals surface area contributed by atoms with Crippen LogP contribution in [0.15, 0.2) is 218 Å². The maximum absolute atomic E-state index is 9.81. The Bertz CT molecular complexity index is 2800. The predicted octanol–water partition coefficient (Wildman–Crippen LogP) is 13.1. The minimum Gasteiger partial charge on any atom is -0.208 e. The third-order valence-electron chi connectivity index (χ3n) is 10.2. The van der Waals surface area contributed by atoms with E-state index in [-0.39, 0.29) is 0 Å². The number of aromatic nitrogens is 3. The Morgan fingerprint density at radius 3 is 1.10 bits per heavy atom. The van der Waals surface area contributed by atoms with Gasteiger partial charge in [0.15, 0.2) is 17.5 Å². The molecule has 4 heteroatoms. The van der Waals surface area contributed by atoms with Gasteiger partial charge in [0, 0.05) is 16.7 Å². The molecule has 0 fully saturated rings. The SMILES string of the molecule is N#Cc1cccc(-c2cc(-c3ccc(C(=C(c4ccccc4)c4ccccc4)c4ccccc4)cc3)cc(-c3nc(-c4ccccc4)nc(-c4ccccc4)n3)c2)c1. The van der Waals surface area contributed by atoms with Crippen molar-refractivity contribution in [1.29, 1.82) is 5.26 Å². The molecule has 0 atom stereocenters. The smallest absolute Gasteiger partial charge is 0.164 e. The molecular weight excluding hydrogens is 705 g/mol. The lowest BCUT2D eigenvalue weighted by Gasteiger charge is -2.18. The minimum atomic E-state index is 0.563. The molecule has 9 aromatic rings. The molecule has 272 valence electrons. The fourth-order valence-electron chi connectivity index (χ4n) is 7.35. The van der Waals surface area contributed by atoms with Gasteiger partial charge in [-0.3, -0.25) is 0 Å². The number of rotatable bonds is 9. The number of nitrogens with zero attached hydrogens (tertiary/aromatic N) is 4. The van der Waals surface area contributed by atoms with Gasteiger partial charge in [0.1, 0.15) is 0 Å². The van der Waals surface area contributed by atoms with Gasteiger partial charge in [0.05, 0.1) is 11.6 Å². The van der Waals surface area contributed by atoms with Gasteiger partial charge in [0.25, 0.3) is 0 Å². The van der Waals surface area contributed by atoms with Crippen LogP contribution in [0.25, 0.3) is 67.6 Å². The summed E-state index contributed by atoms with van der Waals surface area (Å²) in [5, 5.41) is 9.81. The quantitative estimate of drug-likeness (QED) is 0.138. The fraction of sp³-hybridized carbons (Fsp3) is 0. The summed E-state index contributed by atoms with van der Waals surface area (Å²) in [5.74, 6) is 1.76. The predicted molar refractivity (Wildman–Crippen MR) is 236 cm³/mol. The van der Waals surface area contributed by atoms with E-state index in [4.69, 9.17) is 15.0 Å². The second-order valence-corrected chi connectivity index (χ2v) is 14.0. The van der Waals surface area contributed by atoms with E-state index in [0.29, 0.717) is 23.0 Å². The van der Waals surface area contributed by atoms with Crippen molar-refractivity contribution in [3.8, 4) is 62.5 Å². The van der Waals surface area contributed by atoms with E-state index >= 15 is 0 Å². The van der Waals surface area contributed by atoms with Gasteiger partial charge >= 0.3 is 0 Å². The summed E-state index contributed by atoms with van der Waals surface area (Å²) < 4.78 is 0. The molecule has 0 aliphatic heterocycles. The van der Waals surface area contributed by atoms with E-state index in [1.165, 1.54) is 5.57 Å². The molecule has 8 aromatic carbocycles. The van der Waals surface area contributed by atoms with E-state index in [0.717, 1.165) is 66.8 Å². The zero-order valence-electron chi connectivity index (χ0n) is 31.6. The Hall–Kier alpha value is -8.00. The van der Waals surface area contributed by atoms with Crippen LogP contribution in [-0.4, -0.2) is 15.0 Å². The molecule has 0 unspecified atom stereocenters. The summed E-state index contributed by atoms with van der Waals surface area (Å²) in [6, 6.07) is 77.2. The van der Waals surface area contributed by atoms with Crippen LogP contribution in [0.4, 0.5) is 0 Å². The summed E-state index contributed by atoms with van der Waals surface area (Å²) in [6.45, 7) is 0. The van der Waals surface area contributed by atoms with Crippen LogP contribution >= 0.6 is 0 Å². The Morgan fingerprint density at radius 1 is 0.293 bits per heavy atom. The lowest BCUT2D eigenvalue weighted by Crippen LogP contribution is -2.00. The Kier molecular flexibility index (Phi) is 10.1. The van der Waals surface area contributed by atoms with Crippen LogP contribution in [0.5, 0.6) is 0 Å². The van der Waals surface area contributed by atoms with E-state index in [2.05, 4.69) is 140 Å². The maximum Gasteiger partial charge on any atom is 0.164 e. The highest BCUT2D eigenvalue weighted by Crippen LogP contribution is 2.39. The Labute approximate surface area is 338 Å². The third-order valence-corrected chi connectivity index (χ3v) is 10.2. The van der Waals surface area contributed by atoms with Gasteiger partial charge < -0.3 is 0 Å². The Morgan fingerprint density at radius 2 is 0.655 bits per heavy atom. The maximum atomic E-state index is 9.81. The van der Waals surface area contributed by atoms with E-state index in [9.17, 15) is 5.26 Å². The fourth-order valence-corrected chi connectivity index (χ4v) is 7.35. The number of hydrogen-bond acceptors (Lipinski definition) is 4. The highest BCUT2D eigenvalue weighted by molar-refractivity contribution is 6.04. The molecular formula is C54H36N4. The molecule has 0 amide bonds. The summed E-state index contributed by atoms with van der Waals surface area (Å²) in [4.78, 5) is 15.1. The standard InChI is InChI=1S/C54H36N4/c55-37-38-17-16-28-46(33-38)48-34-47(35-49(36-48)54-57-52(44-24-12-4-13-25-44)56-53(58-54)45-26-14-5-15-27-45)39-29-31-43(32-30-39)51(42-22-10-3-11-23-42)50(40-18-6-1-7-19-40)41-20-8-2-9-21-41/h1-36H. The zero-order chi connectivity index (χ0) is 39.1. The molecule has 1 heterocycles. The van der Waals surface area contributed by atoms with Crippen LogP contribution in [-0.2, 0) is 0 Å². The minimum absolute atomic E-state index is 0.563. The van der Waals surface area contributed by atoms with E-state index in [1.54, 1.807) is 0 Å². The average molecular weight is 741 g/mol. The number of nitriles is 1. The first-order valence-electron chi connectivity index (χ1n) is 19.2. The first kappa shape index (κ1) is 35.7. The topological polar surface area (TPSA) is 62.5 Å². The monoisotopic (exact) mass is 740 g/mol. The van der Waals surface area contributed by atoms with Crippen molar-refractivity contribution < 1.29 is 0 Å². The first-order valence-corrected chi connectivity index (χ1v) is 19.2. The number of hydrogen-bond donors (Lipinski definition) is 0. The average Bonchev–Trinajstić information content (AvgIpc) is 3.32. The highest BCUT2D eigenvalue weighted by Gasteiger charge is 2.18. The molecule has 0 radical (unpaired) electrons. The number of benzene rings is 8. The van der Waals surface area contributed by atoms with Gasteiger partial charge in [-0.15, -0.1) is 0 Å². The molecule has 1 aromatic heterocycles. The van der Waals surface area contributed by atoms with Crippen molar-refractivity contribution in [2.24, 2.45) is 0 Å². The molecule has 0 saturated heterocycles. The van der Waals surface area contributed by atoms with Crippen molar-refractivity contribution in [3.05, 3.63) is 246 Å². The zero-order valence-corrected chi connectivity index (χ0v) is 31.6. The highest BCUT2D eigenvalue weighted by atomic mass is 15.0. The summed E-state index contributed by atoms with van der Waals surface area (Å²) in [7, 11) is 0. The second-order valence-electron chi connectivity index (χ2n) is 14.0. The van der Waals surface area contributed by atoms with Crippen molar-refractivity contribution >= 4 is 11.1 Å². The Balaban J connectivity index is 1.23. The van der Waals surface area contributed by atoms with Gasteiger partial charge in [-0.1, -0.05) is 188 Å². The summed E-state index contributed by atoms with van der Waals surface area (Å²) in [5.41, 5.74) is 14.0. The van der Waals surface area contributed by atoms with Gasteiger partial charge in [-0.2, -0.15) is 5.26 Å². The van der Waals surface area contributed by atoms with Crippen molar-refractivity contribution in [1.82, 2.24) is 15.0 Å². The molecule has 4 nitrogen and oxygen atoms in total. The van der Waals surface area contributed by atoms with Crippen molar-refractivity contribution in [2.45, 2.75) is 0 Å². The first-order chi connectivity index (χ1) is 28.7. The summed E-state index contributed by atoms with van der Waals surface area (Å²) in [6.07, 6.45) is 0.